The number of Topliss-reactive ketones (excluding diaryl/α,β-unsaturated/α-hetero) is 3. The third-order valence-electron chi connectivity index (χ3n) is 11.2. The van der Waals surface area contributed by atoms with E-state index in [9.17, 15) is 48.2 Å². The molecule has 0 bridgehead atoms. The maximum atomic E-state index is 14.3. The lowest BCUT2D eigenvalue weighted by Gasteiger charge is -2.28. The molecule has 1 aliphatic rings. The quantitative estimate of drug-likeness (QED) is 0.0539. The number of aliphatic hydroxyl groups excluding tert-OH is 1. The Hall–Kier alpha value is -4.16. The van der Waals surface area contributed by atoms with Crippen molar-refractivity contribution in [3.8, 4) is 0 Å². The Labute approximate surface area is 370 Å². The molecule has 1 aromatic carbocycles. The Bertz CT molecular complexity index is 1820. The maximum absolute atomic E-state index is 14.3. The highest BCUT2D eigenvalue weighted by Gasteiger charge is 2.38. The number of phosphoric acid groups is 1. The zero-order valence-corrected chi connectivity index (χ0v) is 38.2. The summed E-state index contributed by atoms with van der Waals surface area (Å²) in [6, 6.07) is 6.83. The molecule has 18 nitrogen and oxygen atoms in total. The number of unbranched alkanes of at least 4 members (excludes halogenated alkanes) is 2. The summed E-state index contributed by atoms with van der Waals surface area (Å²) in [5, 5.41) is 15.7. The van der Waals surface area contributed by atoms with Crippen LogP contribution in [-0.4, -0.2) is 129 Å². The third-order valence-corrected chi connectivity index (χ3v) is 11.8. The van der Waals surface area contributed by atoms with Crippen LogP contribution in [0.2, 0.25) is 0 Å². The number of aliphatic hydroxyl groups is 1. The molecule has 352 valence electrons. The van der Waals surface area contributed by atoms with Gasteiger partial charge in [-0.15, -0.1) is 0 Å². The number of carbonyl (C=O) groups is 6. The van der Waals surface area contributed by atoms with Gasteiger partial charge in [0.1, 0.15) is 17.9 Å². The minimum absolute atomic E-state index is 0.0108. The number of hydrogen-bond donors (Lipinski definition) is 5. The van der Waals surface area contributed by atoms with Crippen molar-refractivity contribution in [2.24, 2.45) is 17.8 Å². The monoisotopic (exact) mass is 905 g/mol. The van der Waals surface area contributed by atoms with Crippen LogP contribution in [0.1, 0.15) is 96.7 Å². The summed E-state index contributed by atoms with van der Waals surface area (Å²) in [5.74, 6) is -5.76. The van der Waals surface area contributed by atoms with E-state index in [2.05, 4.69) is 32.3 Å². The topological polar surface area (TPSA) is 253 Å². The largest absolute Gasteiger partial charge is 0.469 e. The van der Waals surface area contributed by atoms with Crippen LogP contribution in [0.3, 0.4) is 0 Å². The minimum atomic E-state index is -5.02. The molecule has 1 aromatic heterocycles. The maximum Gasteiger partial charge on any atom is 0.469 e. The number of carbonyl (C=O) groups excluding carboxylic acids is 6. The molecule has 19 heteroatoms. The fourth-order valence-electron chi connectivity index (χ4n) is 7.75. The number of imidazole rings is 1. The SMILES string of the molecule is COCCOCCC(=O)N1CCC[C@H]1C(=O)N[C@@H](CC(C)C)C(=O)C[C@@H](Cc1cncn1CCCCCc1ccccc1)C(=O)N[C@@H](CO)C(=O)C[C@H](C(C)=O)[C@@H](C)OP(=O)(O)O. The van der Waals surface area contributed by atoms with Crippen molar-refractivity contribution >= 4 is 42.9 Å². The van der Waals surface area contributed by atoms with E-state index in [0.29, 0.717) is 44.8 Å². The molecule has 3 amide bonds. The molecule has 0 aliphatic carbocycles. The molecule has 0 saturated carbocycles. The van der Waals surface area contributed by atoms with E-state index in [-0.39, 0.29) is 44.1 Å². The first-order valence-corrected chi connectivity index (χ1v) is 23.4. The van der Waals surface area contributed by atoms with Gasteiger partial charge in [0.25, 0.3) is 0 Å². The molecule has 1 fully saturated rings. The van der Waals surface area contributed by atoms with Crippen LogP contribution in [-0.2, 0) is 66.7 Å². The number of nitrogens with zero attached hydrogens (tertiary/aromatic N) is 3. The fraction of sp³-hybridized carbons (Fsp3) is 0.659. The number of phosphoric ester groups is 1. The molecule has 1 saturated heterocycles. The Balaban J connectivity index is 1.81. The Kier molecular flexibility index (Phi) is 23.0. The summed E-state index contributed by atoms with van der Waals surface area (Å²) >= 11 is 0. The summed E-state index contributed by atoms with van der Waals surface area (Å²) in [6.45, 7) is 7.13. The van der Waals surface area contributed by atoms with Crippen LogP contribution in [0, 0.1) is 17.8 Å². The first-order valence-electron chi connectivity index (χ1n) is 21.8. The second kappa shape index (κ2) is 27.2. The van der Waals surface area contributed by atoms with Crippen LogP contribution >= 0.6 is 7.82 Å². The fourth-order valence-corrected chi connectivity index (χ4v) is 8.33. The van der Waals surface area contributed by atoms with E-state index in [1.54, 1.807) is 19.6 Å². The van der Waals surface area contributed by atoms with Crippen LogP contribution in [0.25, 0.3) is 0 Å². The van der Waals surface area contributed by atoms with E-state index in [1.165, 1.54) is 17.4 Å². The van der Waals surface area contributed by atoms with Gasteiger partial charge in [0, 0.05) is 51.4 Å². The van der Waals surface area contributed by atoms with E-state index in [1.807, 2.05) is 36.6 Å². The normalized spacial score (nSPS) is 16.6. The number of benzene rings is 1. The first-order chi connectivity index (χ1) is 29.9. The number of amides is 3. The van der Waals surface area contributed by atoms with Crippen molar-refractivity contribution in [2.45, 2.75) is 129 Å². The van der Waals surface area contributed by atoms with Gasteiger partial charge < -0.3 is 44.5 Å². The average molecular weight is 906 g/mol. The van der Waals surface area contributed by atoms with E-state index >= 15 is 0 Å². The highest BCUT2D eigenvalue weighted by atomic mass is 31.2. The lowest BCUT2D eigenvalue weighted by atomic mass is 9.89. The predicted molar refractivity (Wildman–Crippen MR) is 232 cm³/mol. The highest BCUT2D eigenvalue weighted by Crippen LogP contribution is 2.39. The average Bonchev–Trinajstić information content (AvgIpc) is 3.90. The molecule has 2 aromatic rings. The van der Waals surface area contributed by atoms with E-state index in [0.717, 1.165) is 32.6 Å². The zero-order chi connectivity index (χ0) is 46.5. The molecular formula is C44H68N5O13P. The van der Waals surface area contributed by atoms with Gasteiger partial charge in [-0.05, 0) is 63.9 Å². The summed E-state index contributed by atoms with van der Waals surface area (Å²) in [7, 11) is -3.47. The van der Waals surface area contributed by atoms with Gasteiger partial charge in [-0.25, -0.2) is 9.55 Å². The summed E-state index contributed by atoms with van der Waals surface area (Å²) < 4.78 is 28.5. The van der Waals surface area contributed by atoms with Crippen molar-refractivity contribution in [3.63, 3.8) is 0 Å². The summed E-state index contributed by atoms with van der Waals surface area (Å²) in [6.07, 6.45) is 5.91. The molecule has 5 N–H and O–H groups in total. The van der Waals surface area contributed by atoms with Gasteiger partial charge in [-0.2, -0.15) is 0 Å². The summed E-state index contributed by atoms with van der Waals surface area (Å²) in [4.78, 5) is 106. The van der Waals surface area contributed by atoms with Crippen LogP contribution in [0.15, 0.2) is 42.9 Å². The number of rotatable bonds is 31. The molecule has 3 rings (SSSR count). The number of likely N-dealkylation sites (tertiary alicyclic amines) is 1. The van der Waals surface area contributed by atoms with Crippen LogP contribution < -0.4 is 10.6 Å². The minimum Gasteiger partial charge on any atom is -0.394 e. The van der Waals surface area contributed by atoms with Crippen LogP contribution in [0.5, 0.6) is 0 Å². The standard InChI is InChI=1S/C44H68N5O13P/c1-30(2)23-37(46-44(56)39-16-12-19-49(39)42(54)17-20-61-22-21-60-5)40(52)25-34(24-35-27-45-29-48(35)18-11-7-10-15-33-13-8-6-9-14-33)43(55)47-38(28-50)41(53)26-36(31(3)51)32(4)62-63(57,58)59/h6,8-9,13-14,27,29-30,32,34,36-39,50H,7,10-12,15-26,28H2,1-5H3,(H,46,56)(H,47,55)(H2,57,58,59)/t32-,34-,36-,37+,38+,39+/m1/s1. The second-order valence-electron chi connectivity index (χ2n) is 16.7. The van der Waals surface area contributed by atoms with Gasteiger partial charge in [0.2, 0.25) is 17.7 Å². The van der Waals surface area contributed by atoms with E-state index in [4.69, 9.17) is 9.47 Å². The smallest absolute Gasteiger partial charge is 0.394 e. The molecule has 1 aliphatic heterocycles. The molecule has 0 radical (unpaired) electrons. The lowest BCUT2D eigenvalue weighted by molar-refractivity contribution is -0.140. The first kappa shape index (κ1) is 53.2. The third kappa shape index (κ3) is 18.8. The second-order valence-corrected chi connectivity index (χ2v) is 17.9. The van der Waals surface area contributed by atoms with Gasteiger partial charge in [-0.1, -0.05) is 50.6 Å². The molecule has 63 heavy (non-hydrogen) atoms. The number of methoxy groups -OCH3 is 1. The van der Waals surface area contributed by atoms with Crippen molar-refractivity contribution in [3.05, 3.63) is 54.1 Å². The Morgan fingerprint density at radius 1 is 0.937 bits per heavy atom. The Morgan fingerprint density at radius 2 is 1.65 bits per heavy atom. The number of hydrogen-bond acceptors (Lipinski definition) is 12. The highest BCUT2D eigenvalue weighted by molar-refractivity contribution is 7.46. The van der Waals surface area contributed by atoms with Crippen molar-refractivity contribution in [2.75, 3.05) is 40.1 Å². The molecule has 2 heterocycles. The predicted octanol–water partition coefficient (Wildman–Crippen LogP) is 3.13. The number of aryl methyl sites for hydroxylation is 2. The molecular weight excluding hydrogens is 837 g/mol. The molecule has 0 spiro atoms. The van der Waals surface area contributed by atoms with Crippen molar-refractivity contribution in [1.82, 2.24) is 25.1 Å². The Morgan fingerprint density at radius 3 is 2.30 bits per heavy atom. The number of nitrogens with one attached hydrogen (secondary N) is 2. The molecule has 6 atom stereocenters. The van der Waals surface area contributed by atoms with Crippen molar-refractivity contribution in [1.29, 1.82) is 0 Å². The lowest BCUT2D eigenvalue weighted by Crippen LogP contribution is -2.52. The van der Waals surface area contributed by atoms with Gasteiger partial charge in [0.05, 0.1) is 63.2 Å². The van der Waals surface area contributed by atoms with Gasteiger partial charge in [-0.3, -0.25) is 33.3 Å². The van der Waals surface area contributed by atoms with E-state index < -0.39 is 86.1 Å². The van der Waals surface area contributed by atoms with Crippen molar-refractivity contribution < 1.29 is 62.2 Å². The molecule has 0 unspecified atom stereocenters. The summed E-state index contributed by atoms with van der Waals surface area (Å²) in [5.41, 5.74) is 1.90. The van der Waals surface area contributed by atoms with Gasteiger partial charge >= 0.3 is 7.82 Å². The van der Waals surface area contributed by atoms with Crippen LogP contribution in [0.4, 0.5) is 0 Å². The number of aromatic nitrogens is 2. The van der Waals surface area contributed by atoms with Gasteiger partial charge in [0.15, 0.2) is 11.6 Å². The zero-order valence-electron chi connectivity index (χ0n) is 37.3. The number of ether oxygens (including phenoxy) is 2. The number of ketones is 3.